The molecule has 29 heavy (non-hydrogen) atoms. The number of hydrogen-bond acceptors (Lipinski definition) is 4. The van der Waals surface area contributed by atoms with Crippen molar-refractivity contribution in [3.8, 4) is 11.3 Å². The first-order valence-electron chi connectivity index (χ1n) is 9.55. The Kier molecular flexibility index (Phi) is 4.84. The van der Waals surface area contributed by atoms with Gasteiger partial charge in [0.1, 0.15) is 0 Å². The minimum atomic E-state index is -0.159. The van der Waals surface area contributed by atoms with Gasteiger partial charge in [0.25, 0.3) is 5.91 Å². The highest BCUT2D eigenvalue weighted by atomic mass is 16.1. The summed E-state index contributed by atoms with van der Waals surface area (Å²) < 4.78 is 1.81. The van der Waals surface area contributed by atoms with Crippen LogP contribution in [-0.4, -0.2) is 25.7 Å². The monoisotopic (exact) mass is 385 g/mol. The van der Waals surface area contributed by atoms with E-state index in [0.29, 0.717) is 5.56 Å². The molecule has 3 heterocycles. The summed E-state index contributed by atoms with van der Waals surface area (Å²) in [5.74, 6) is -0.131. The highest BCUT2D eigenvalue weighted by molar-refractivity contribution is 6.07. The summed E-state index contributed by atoms with van der Waals surface area (Å²) >= 11 is 0. The fraction of sp³-hybridized carbons (Fsp3) is 0.217. The fourth-order valence-electron chi connectivity index (χ4n) is 3.49. The van der Waals surface area contributed by atoms with Crippen molar-refractivity contribution in [1.29, 1.82) is 0 Å². The van der Waals surface area contributed by atoms with Gasteiger partial charge in [0, 0.05) is 41.6 Å². The Hall–Kier alpha value is -3.54. The second kappa shape index (κ2) is 7.47. The Bertz CT molecular complexity index is 1200. The number of fused-ring (bicyclic) bond motifs is 1. The van der Waals surface area contributed by atoms with E-state index in [1.54, 1.807) is 18.6 Å². The molecule has 0 aliphatic heterocycles. The Morgan fingerprint density at radius 1 is 1.10 bits per heavy atom. The highest BCUT2D eigenvalue weighted by Gasteiger charge is 2.19. The van der Waals surface area contributed by atoms with Crippen LogP contribution >= 0.6 is 0 Å². The van der Waals surface area contributed by atoms with Crippen LogP contribution in [0.3, 0.4) is 0 Å². The molecule has 0 bridgehead atoms. The van der Waals surface area contributed by atoms with Crippen molar-refractivity contribution in [2.75, 3.05) is 0 Å². The molecule has 146 valence electrons. The van der Waals surface area contributed by atoms with E-state index in [2.05, 4.69) is 15.4 Å². The standard InChI is InChI=1S/C23H23N5O/c1-14-5-6-21-18(11-14)19(12-22(27-21)17-7-9-24-10-8-17)23(29)26-15(2)20-13-25-28(4)16(20)3/h5-13,15H,1-4H3,(H,26,29)/t15-/m1/s1. The SMILES string of the molecule is Cc1ccc2nc(-c3ccncc3)cc(C(=O)N[C@H](C)c3cnn(C)c3C)c2c1. The summed E-state index contributed by atoms with van der Waals surface area (Å²) in [5.41, 5.74) is 6.20. The van der Waals surface area contributed by atoms with E-state index < -0.39 is 0 Å². The van der Waals surface area contributed by atoms with Gasteiger partial charge in [-0.1, -0.05) is 11.6 Å². The molecule has 4 aromatic rings. The Balaban J connectivity index is 1.77. The van der Waals surface area contributed by atoms with Gasteiger partial charge in [-0.15, -0.1) is 0 Å². The van der Waals surface area contributed by atoms with E-state index in [0.717, 1.165) is 39.0 Å². The molecule has 0 fully saturated rings. The van der Waals surface area contributed by atoms with Crippen LogP contribution in [0.25, 0.3) is 22.2 Å². The van der Waals surface area contributed by atoms with Crippen molar-refractivity contribution in [2.24, 2.45) is 7.05 Å². The lowest BCUT2D eigenvalue weighted by molar-refractivity contribution is 0.0941. The summed E-state index contributed by atoms with van der Waals surface area (Å²) in [4.78, 5) is 22.1. The summed E-state index contributed by atoms with van der Waals surface area (Å²) in [6.07, 6.45) is 5.25. The predicted octanol–water partition coefficient (Wildman–Crippen LogP) is 4.14. The molecule has 0 saturated heterocycles. The van der Waals surface area contributed by atoms with Crippen molar-refractivity contribution in [2.45, 2.75) is 26.8 Å². The number of amides is 1. The van der Waals surface area contributed by atoms with E-state index >= 15 is 0 Å². The van der Waals surface area contributed by atoms with Gasteiger partial charge in [-0.25, -0.2) is 4.98 Å². The van der Waals surface area contributed by atoms with E-state index in [1.807, 2.05) is 68.9 Å². The van der Waals surface area contributed by atoms with Crippen molar-refractivity contribution in [3.63, 3.8) is 0 Å². The molecule has 0 radical (unpaired) electrons. The number of aromatic nitrogens is 4. The lowest BCUT2D eigenvalue weighted by Gasteiger charge is -2.16. The average Bonchev–Trinajstić information content (AvgIpc) is 3.06. The molecule has 1 amide bonds. The molecular weight excluding hydrogens is 362 g/mol. The normalized spacial score (nSPS) is 12.1. The Morgan fingerprint density at radius 3 is 2.55 bits per heavy atom. The largest absolute Gasteiger partial charge is 0.345 e. The second-order valence-corrected chi connectivity index (χ2v) is 7.32. The van der Waals surface area contributed by atoms with Crippen molar-refractivity contribution in [3.05, 3.63) is 77.4 Å². The first-order valence-corrected chi connectivity index (χ1v) is 9.55. The van der Waals surface area contributed by atoms with Crippen molar-refractivity contribution in [1.82, 2.24) is 25.1 Å². The third kappa shape index (κ3) is 3.61. The van der Waals surface area contributed by atoms with Gasteiger partial charge in [-0.3, -0.25) is 14.5 Å². The van der Waals surface area contributed by atoms with Crippen LogP contribution in [0.2, 0.25) is 0 Å². The minimum Gasteiger partial charge on any atom is -0.345 e. The third-order valence-electron chi connectivity index (χ3n) is 5.27. The first kappa shape index (κ1) is 18.8. The van der Waals surface area contributed by atoms with E-state index in [-0.39, 0.29) is 11.9 Å². The van der Waals surface area contributed by atoms with Crippen LogP contribution in [0.1, 0.15) is 40.1 Å². The van der Waals surface area contributed by atoms with Crippen LogP contribution in [0.4, 0.5) is 0 Å². The molecule has 3 aromatic heterocycles. The topological polar surface area (TPSA) is 72.7 Å². The van der Waals surface area contributed by atoms with Gasteiger partial charge in [0.05, 0.1) is 29.0 Å². The second-order valence-electron chi connectivity index (χ2n) is 7.32. The summed E-state index contributed by atoms with van der Waals surface area (Å²) in [5, 5.41) is 8.25. The fourth-order valence-corrected chi connectivity index (χ4v) is 3.49. The molecule has 0 saturated carbocycles. The van der Waals surface area contributed by atoms with E-state index in [1.165, 1.54) is 0 Å². The lowest BCUT2D eigenvalue weighted by atomic mass is 10.0. The maximum atomic E-state index is 13.3. The Morgan fingerprint density at radius 2 is 1.86 bits per heavy atom. The molecule has 6 nitrogen and oxygen atoms in total. The smallest absolute Gasteiger partial charge is 0.252 e. The average molecular weight is 385 g/mol. The molecule has 4 rings (SSSR count). The number of carbonyl (C=O) groups is 1. The van der Waals surface area contributed by atoms with Gasteiger partial charge in [-0.2, -0.15) is 5.10 Å². The zero-order chi connectivity index (χ0) is 20.5. The number of nitrogens with zero attached hydrogens (tertiary/aromatic N) is 4. The zero-order valence-electron chi connectivity index (χ0n) is 17.0. The minimum absolute atomic E-state index is 0.131. The zero-order valence-corrected chi connectivity index (χ0v) is 17.0. The van der Waals surface area contributed by atoms with Crippen LogP contribution in [0.5, 0.6) is 0 Å². The highest BCUT2D eigenvalue weighted by Crippen LogP contribution is 2.26. The molecule has 1 aromatic carbocycles. The molecule has 0 unspecified atom stereocenters. The quantitative estimate of drug-likeness (QED) is 0.573. The molecule has 1 atom stereocenters. The predicted molar refractivity (Wildman–Crippen MR) is 114 cm³/mol. The number of hydrogen-bond donors (Lipinski definition) is 1. The molecule has 0 aliphatic carbocycles. The van der Waals surface area contributed by atoms with Crippen LogP contribution < -0.4 is 5.32 Å². The number of benzene rings is 1. The number of carbonyl (C=O) groups excluding carboxylic acids is 1. The Labute approximate surface area is 169 Å². The maximum absolute atomic E-state index is 13.3. The van der Waals surface area contributed by atoms with Crippen LogP contribution in [0, 0.1) is 13.8 Å². The number of nitrogens with one attached hydrogen (secondary N) is 1. The van der Waals surface area contributed by atoms with Crippen LogP contribution in [-0.2, 0) is 7.05 Å². The van der Waals surface area contributed by atoms with Gasteiger partial charge in [-0.05, 0) is 51.1 Å². The number of rotatable bonds is 4. The maximum Gasteiger partial charge on any atom is 0.252 e. The van der Waals surface area contributed by atoms with Gasteiger partial charge < -0.3 is 5.32 Å². The summed E-state index contributed by atoms with van der Waals surface area (Å²) in [6.45, 7) is 5.98. The molecule has 6 heteroatoms. The molecule has 1 N–H and O–H groups in total. The summed E-state index contributed by atoms with van der Waals surface area (Å²) in [6, 6.07) is 11.5. The van der Waals surface area contributed by atoms with Crippen LogP contribution in [0.15, 0.2) is 55.0 Å². The van der Waals surface area contributed by atoms with Gasteiger partial charge in [0.2, 0.25) is 0 Å². The molecular formula is C23H23N5O. The van der Waals surface area contributed by atoms with E-state index in [4.69, 9.17) is 4.98 Å². The number of pyridine rings is 2. The first-order chi connectivity index (χ1) is 13.9. The third-order valence-corrected chi connectivity index (χ3v) is 5.27. The lowest BCUT2D eigenvalue weighted by Crippen LogP contribution is -2.27. The van der Waals surface area contributed by atoms with Crippen molar-refractivity contribution >= 4 is 16.8 Å². The van der Waals surface area contributed by atoms with E-state index in [9.17, 15) is 4.79 Å². The number of aryl methyl sites for hydroxylation is 2. The van der Waals surface area contributed by atoms with Crippen molar-refractivity contribution < 1.29 is 4.79 Å². The molecule has 0 aliphatic rings. The van der Waals surface area contributed by atoms with Gasteiger partial charge >= 0.3 is 0 Å². The molecule has 0 spiro atoms. The van der Waals surface area contributed by atoms with Gasteiger partial charge in [0.15, 0.2) is 0 Å². The summed E-state index contributed by atoms with van der Waals surface area (Å²) in [7, 11) is 1.90.